The van der Waals surface area contributed by atoms with Crippen molar-refractivity contribution < 1.29 is 0 Å². The second kappa shape index (κ2) is 8.21. The third kappa shape index (κ3) is 4.62. The molecule has 2 heteroatoms. The molecule has 0 radical (unpaired) electrons. The Bertz CT molecular complexity index is 617. The molecule has 0 aromatic heterocycles. The Morgan fingerprint density at radius 3 is 2.43 bits per heavy atom. The first-order valence-electron chi connectivity index (χ1n) is 8.56. The zero-order valence-corrected chi connectivity index (χ0v) is 14.3. The summed E-state index contributed by atoms with van der Waals surface area (Å²) >= 11 is 6.54. The molecule has 0 atom stereocenters. The molecule has 1 saturated carbocycles. The van der Waals surface area contributed by atoms with E-state index in [2.05, 4.69) is 47.7 Å². The second-order valence-electron chi connectivity index (χ2n) is 6.28. The molecule has 0 N–H and O–H groups in total. The summed E-state index contributed by atoms with van der Waals surface area (Å²) in [7, 11) is 0. The van der Waals surface area contributed by atoms with Crippen molar-refractivity contribution in [1.29, 1.82) is 0 Å². The maximum atomic E-state index is 6.54. The van der Waals surface area contributed by atoms with E-state index in [1.54, 1.807) is 0 Å². The van der Waals surface area contributed by atoms with E-state index in [4.69, 9.17) is 11.6 Å². The van der Waals surface area contributed by atoms with Crippen LogP contribution in [0.1, 0.15) is 49.1 Å². The van der Waals surface area contributed by atoms with Gasteiger partial charge in [-0.1, -0.05) is 67.3 Å². The highest BCUT2D eigenvalue weighted by Crippen LogP contribution is 2.36. The molecule has 1 heterocycles. The molecular formula is C21H24ClN. The SMILES string of the molecule is Clc1cc(C=CCN2C=CC=CC=C2)ccc1C1CCCCC1. The summed E-state index contributed by atoms with van der Waals surface area (Å²) in [4.78, 5) is 2.15. The molecule has 120 valence electrons. The Kier molecular flexibility index (Phi) is 5.76. The van der Waals surface area contributed by atoms with Gasteiger partial charge in [0, 0.05) is 24.0 Å². The number of rotatable bonds is 4. The van der Waals surface area contributed by atoms with Gasteiger partial charge in [0.05, 0.1) is 0 Å². The van der Waals surface area contributed by atoms with Crippen molar-refractivity contribution in [1.82, 2.24) is 4.90 Å². The molecule has 0 spiro atoms. The lowest BCUT2D eigenvalue weighted by molar-refractivity contribution is 0.444. The van der Waals surface area contributed by atoms with Gasteiger partial charge in [-0.15, -0.1) is 0 Å². The Morgan fingerprint density at radius 2 is 1.74 bits per heavy atom. The molecule has 23 heavy (non-hydrogen) atoms. The van der Waals surface area contributed by atoms with Crippen LogP contribution in [0.15, 0.2) is 61.0 Å². The van der Waals surface area contributed by atoms with Crippen molar-refractivity contribution in [2.45, 2.75) is 38.0 Å². The van der Waals surface area contributed by atoms with Crippen LogP contribution in [0.2, 0.25) is 5.02 Å². The van der Waals surface area contributed by atoms with Crippen LogP contribution >= 0.6 is 11.6 Å². The monoisotopic (exact) mass is 325 g/mol. The van der Waals surface area contributed by atoms with Crippen LogP contribution in [0.4, 0.5) is 0 Å². The van der Waals surface area contributed by atoms with E-state index in [9.17, 15) is 0 Å². The Labute approximate surface area is 144 Å². The van der Waals surface area contributed by atoms with Crippen LogP contribution in [-0.4, -0.2) is 11.4 Å². The van der Waals surface area contributed by atoms with Gasteiger partial charge in [-0.05, 0) is 48.1 Å². The van der Waals surface area contributed by atoms with E-state index in [0.717, 1.165) is 11.6 Å². The number of nitrogens with zero attached hydrogens (tertiary/aromatic N) is 1. The number of allylic oxidation sites excluding steroid dienone is 4. The first-order valence-corrected chi connectivity index (χ1v) is 8.94. The van der Waals surface area contributed by atoms with Crippen molar-refractivity contribution in [3.05, 3.63) is 77.1 Å². The fourth-order valence-electron chi connectivity index (χ4n) is 3.32. The van der Waals surface area contributed by atoms with Gasteiger partial charge < -0.3 is 4.90 Å². The van der Waals surface area contributed by atoms with Crippen LogP contribution in [0.25, 0.3) is 6.08 Å². The standard InChI is InChI=1S/C21H24ClN/c22-21-17-18(9-8-16-23-14-6-1-2-7-15-23)12-13-20(21)19-10-4-3-5-11-19/h1-2,6-9,12-15,17,19H,3-5,10-11,16H2. The minimum Gasteiger partial charge on any atom is -0.351 e. The summed E-state index contributed by atoms with van der Waals surface area (Å²) in [5, 5.41) is 0.929. The highest BCUT2D eigenvalue weighted by atomic mass is 35.5. The summed E-state index contributed by atoms with van der Waals surface area (Å²) < 4.78 is 0. The second-order valence-corrected chi connectivity index (χ2v) is 6.69. The van der Waals surface area contributed by atoms with Crippen molar-refractivity contribution in [3.8, 4) is 0 Å². The average molecular weight is 326 g/mol. The highest BCUT2D eigenvalue weighted by molar-refractivity contribution is 6.31. The molecule has 1 aromatic carbocycles. The molecule has 3 rings (SSSR count). The molecule has 0 saturated heterocycles. The van der Waals surface area contributed by atoms with Crippen LogP contribution in [0, 0.1) is 0 Å². The van der Waals surface area contributed by atoms with Crippen LogP contribution in [0.5, 0.6) is 0 Å². The minimum atomic E-state index is 0.661. The number of hydrogen-bond donors (Lipinski definition) is 0. The predicted molar refractivity (Wildman–Crippen MR) is 100 cm³/mol. The van der Waals surface area contributed by atoms with Crippen LogP contribution in [0.3, 0.4) is 0 Å². The molecule has 1 nitrogen and oxygen atoms in total. The number of halogens is 1. The maximum Gasteiger partial charge on any atom is 0.0446 e. The van der Waals surface area contributed by atoms with Crippen LogP contribution in [-0.2, 0) is 0 Å². The largest absolute Gasteiger partial charge is 0.351 e. The first kappa shape index (κ1) is 16.1. The molecule has 0 unspecified atom stereocenters. The molecular weight excluding hydrogens is 302 g/mol. The van der Waals surface area contributed by atoms with Crippen molar-refractivity contribution >= 4 is 17.7 Å². The molecule has 2 aliphatic rings. The Morgan fingerprint density at radius 1 is 1.00 bits per heavy atom. The number of benzene rings is 1. The van der Waals surface area contributed by atoms with Crippen molar-refractivity contribution in [2.24, 2.45) is 0 Å². The molecule has 1 aromatic rings. The van der Waals surface area contributed by atoms with Crippen molar-refractivity contribution in [2.75, 3.05) is 6.54 Å². The topological polar surface area (TPSA) is 3.24 Å². The molecule has 1 aliphatic carbocycles. The van der Waals surface area contributed by atoms with E-state index < -0.39 is 0 Å². The van der Waals surface area contributed by atoms with Gasteiger partial charge in [-0.25, -0.2) is 0 Å². The fourth-order valence-corrected chi connectivity index (χ4v) is 3.67. The third-order valence-electron chi connectivity index (χ3n) is 4.58. The van der Waals surface area contributed by atoms with Gasteiger partial charge in [0.1, 0.15) is 0 Å². The van der Waals surface area contributed by atoms with Gasteiger partial charge in [-0.2, -0.15) is 0 Å². The van der Waals surface area contributed by atoms with E-state index in [1.807, 2.05) is 24.3 Å². The fraction of sp³-hybridized carbons (Fsp3) is 0.333. The van der Waals surface area contributed by atoms with Gasteiger partial charge in [0.25, 0.3) is 0 Å². The normalized spacial score (nSPS) is 18.7. The summed E-state index contributed by atoms with van der Waals surface area (Å²) in [6.07, 6.45) is 23.3. The molecule has 0 bridgehead atoms. The van der Waals surface area contributed by atoms with Gasteiger partial charge in [0.15, 0.2) is 0 Å². The summed E-state index contributed by atoms with van der Waals surface area (Å²) in [5.41, 5.74) is 2.52. The van der Waals surface area contributed by atoms with Gasteiger partial charge in [-0.3, -0.25) is 0 Å². The Hall–Kier alpha value is -1.73. The quantitative estimate of drug-likeness (QED) is 0.627. The summed E-state index contributed by atoms with van der Waals surface area (Å²) in [5.74, 6) is 0.661. The van der Waals surface area contributed by atoms with E-state index in [0.29, 0.717) is 5.92 Å². The third-order valence-corrected chi connectivity index (χ3v) is 4.91. The Balaban J connectivity index is 1.62. The zero-order valence-electron chi connectivity index (χ0n) is 13.5. The molecule has 1 aliphatic heterocycles. The zero-order chi connectivity index (χ0) is 15.9. The maximum absolute atomic E-state index is 6.54. The van der Waals surface area contributed by atoms with E-state index in [1.165, 1.54) is 43.2 Å². The molecule has 0 amide bonds. The lowest BCUT2D eigenvalue weighted by Gasteiger charge is -2.23. The van der Waals surface area contributed by atoms with E-state index in [-0.39, 0.29) is 0 Å². The highest BCUT2D eigenvalue weighted by Gasteiger charge is 2.17. The minimum absolute atomic E-state index is 0.661. The van der Waals surface area contributed by atoms with Crippen LogP contribution < -0.4 is 0 Å². The summed E-state index contributed by atoms with van der Waals surface area (Å²) in [6.45, 7) is 0.858. The van der Waals surface area contributed by atoms with E-state index >= 15 is 0 Å². The predicted octanol–water partition coefficient (Wildman–Crippen LogP) is 6.30. The first-order chi connectivity index (χ1) is 11.3. The summed E-state index contributed by atoms with van der Waals surface area (Å²) in [6, 6.07) is 6.54. The lowest BCUT2D eigenvalue weighted by atomic mass is 9.84. The molecule has 1 fully saturated rings. The lowest BCUT2D eigenvalue weighted by Crippen LogP contribution is -2.08. The van der Waals surface area contributed by atoms with Gasteiger partial charge in [0.2, 0.25) is 0 Å². The van der Waals surface area contributed by atoms with Crippen molar-refractivity contribution in [3.63, 3.8) is 0 Å². The smallest absolute Gasteiger partial charge is 0.0446 e. The number of hydrogen-bond acceptors (Lipinski definition) is 1. The van der Waals surface area contributed by atoms with Gasteiger partial charge >= 0.3 is 0 Å². The average Bonchev–Trinajstić information content (AvgIpc) is 2.85.